The van der Waals surface area contributed by atoms with Gasteiger partial charge in [0.25, 0.3) is 10.1 Å². The molecule has 0 fully saturated rings. The summed E-state index contributed by atoms with van der Waals surface area (Å²) in [4.78, 5) is 0.817. The smallest absolute Gasteiger partial charge is 0.301 e. The lowest BCUT2D eigenvalue weighted by Crippen LogP contribution is -2.37. The maximum Gasteiger partial charge on any atom is 0.301 e. The summed E-state index contributed by atoms with van der Waals surface area (Å²) >= 11 is 1.53. The van der Waals surface area contributed by atoms with Crippen LogP contribution in [0, 0.1) is 6.92 Å². The van der Waals surface area contributed by atoms with Crippen LogP contribution >= 0.6 is 11.3 Å². The molecule has 0 aliphatic carbocycles. The van der Waals surface area contributed by atoms with Gasteiger partial charge in [0.05, 0.1) is 19.3 Å². The highest BCUT2D eigenvalue weighted by molar-refractivity contribution is 7.85. The molecule has 0 bridgehead atoms. The van der Waals surface area contributed by atoms with Gasteiger partial charge >= 0.3 is 5.82 Å². The summed E-state index contributed by atoms with van der Waals surface area (Å²) < 4.78 is 36.1. The van der Waals surface area contributed by atoms with E-state index in [-0.39, 0.29) is 5.75 Å². The van der Waals surface area contributed by atoms with Crippen molar-refractivity contribution < 1.29 is 17.5 Å². The molecule has 2 heterocycles. The summed E-state index contributed by atoms with van der Waals surface area (Å²) in [7, 11) is -0.0367. The summed E-state index contributed by atoms with van der Waals surface area (Å²) in [6, 6.07) is 0. The van der Waals surface area contributed by atoms with Crippen LogP contribution < -0.4 is 9.37 Å². The number of unbranched alkanes of at least 4 members (excludes halogenated alkanes) is 1. The van der Waals surface area contributed by atoms with Crippen molar-refractivity contribution >= 4 is 27.7 Å². The number of imidazole rings is 1. The predicted molar refractivity (Wildman–Crippen MR) is 92.4 cm³/mol. The van der Waals surface area contributed by atoms with Crippen LogP contribution in [-0.2, 0) is 30.8 Å². The predicted octanol–water partition coefficient (Wildman–Crippen LogP) is 0.624. The Bertz CT molecular complexity index is 890. The average Bonchev–Trinajstić information content (AvgIpc) is 3.00. The number of hydrogen-bond acceptors (Lipinski definition) is 5. The number of nitrogens with zero attached hydrogens (tertiary/aromatic N) is 5. The first-order valence-electron chi connectivity index (χ1n) is 7.46. The Kier molecular flexibility index (Phi) is 6.08. The van der Waals surface area contributed by atoms with E-state index in [1.165, 1.54) is 11.3 Å². The van der Waals surface area contributed by atoms with Crippen molar-refractivity contribution in [3.63, 3.8) is 0 Å². The van der Waals surface area contributed by atoms with E-state index in [4.69, 9.17) is 4.55 Å². The number of hydrogen-bond donors (Lipinski definition) is 1. The van der Waals surface area contributed by atoms with Gasteiger partial charge in [0.1, 0.15) is 18.6 Å². The molecule has 2 aromatic rings. The first kappa shape index (κ1) is 18.6. The molecular formula is C14H22N5O3S2+. The lowest BCUT2D eigenvalue weighted by molar-refractivity contribution is -0.697. The molecule has 0 atom stereocenters. The molecular weight excluding hydrogens is 350 g/mol. The van der Waals surface area contributed by atoms with E-state index in [0.717, 1.165) is 16.3 Å². The van der Waals surface area contributed by atoms with E-state index in [0.29, 0.717) is 19.4 Å². The fraction of sp³-hybridized carbons (Fsp3) is 0.500. The molecule has 0 saturated carbocycles. The van der Waals surface area contributed by atoms with Crippen LogP contribution in [0.4, 0.5) is 0 Å². The third kappa shape index (κ3) is 5.11. The fourth-order valence-electron chi connectivity index (χ4n) is 2.12. The van der Waals surface area contributed by atoms with E-state index in [9.17, 15) is 8.42 Å². The maximum atomic E-state index is 10.7. The second-order valence-electron chi connectivity index (χ2n) is 5.52. The fourth-order valence-corrected chi connectivity index (χ4v) is 3.52. The molecule has 0 aromatic carbocycles. The van der Waals surface area contributed by atoms with Crippen molar-refractivity contribution in [2.45, 2.75) is 26.3 Å². The second kappa shape index (κ2) is 7.86. The molecule has 2 rings (SSSR count). The van der Waals surface area contributed by atoms with Crippen molar-refractivity contribution in [2.75, 3.05) is 5.75 Å². The largest absolute Gasteiger partial charge is 0.323 e. The van der Waals surface area contributed by atoms with Crippen LogP contribution in [0.1, 0.15) is 24.4 Å². The zero-order chi connectivity index (χ0) is 17.7. The van der Waals surface area contributed by atoms with Crippen LogP contribution in [0.15, 0.2) is 28.0 Å². The van der Waals surface area contributed by atoms with Gasteiger partial charge < -0.3 is 4.57 Å². The average molecular weight is 372 g/mol. The second-order valence-corrected chi connectivity index (χ2v) is 7.93. The summed E-state index contributed by atoms with van der Waals surface area (Å²) in [6.45, 7) is 2.65. The molecule has 0 aliphatic rings. The van der Waals surface area contributed by atoms with Crippen molar-refractivity contribution in [3.05, 3.63) is 34.1 Å². The molecule has 24 heavy (non-hydrogen) atoms. The molecule has 8 nitrogen and oxygen atoms in total. The van der Waals surface area contributed by atoms with Gasteiger partial charge in [-0.15, -0.1) is 21.5 Å². The summed E-state index contributed by atoms with van der Waals surface area (Å²) in [5, 5.41) is 10.4. The molecule has 0 radical (unpaired) electrons. The van der Waals surface area contributed by atoms with Crippen molar-refractivity contribution in [1.82, 2.24) is 9.13 Å². The van der Waals surface area contributed by atoms with E-state index >= 15 is 0 Å². The highest BCUT2D eigenvalue weighted by atomic mass is 32.2. The van der Waals surface area contributed by atoms with Gasteiger partial charge in [0.15, 0.2) is 0 Å². The number of aromatic nitrogens is 3. The molecule has 10 heteroatoms. The highest BCUT2D eigenvalue weighted by Crippen LogP contribution is 1.98. The van der Waals surface area contributed by atoms with Crippen molar-refractivity contribution in [1.29, 1.82) is 0 Å². The first-order valence-corrected chi connectivity index (χ1v) is 9.95. The standard InChI is InChI=1S/C14H21N5O3S2/c1-12-11-23-14(18(12)3)16-15-10-13-17(2)7-8-19(13)6-4-5-9-24(20,21)22/h7-8,10-11H,4-6,9H2,1-3H3/p+1. The van der Waals surface area contributed by atoms with Gasteiger partial charge in [-0.2, -0.15) is 8.42 Å². The maximum absolute atomic E-state index is 10.7. The normalized spacial score (nSPS) is 13.2. The topological polar surface area (TPSA) is 92.8 Å². The van der Waals surface area contributed by atoms with E-state index in [2.05, 4.69) is 10.2 Å². The molecule has 0 saturated heterocycles. The quantitative estimate of drug-likeness (QED) is 0.254. The van der Waals surface area contributed by atoms with E-state index in [1.807, 2.05) is 52.5 Å². The van der Waals surface area contributed by atoms with Gasteiger partial charge in [-0.05, 0) is 19.8 Å². The third-order valence-corrected chi connectivity index (χ3v) is 5.47. The minimum absolute atomic E-state index is 0.215. The molecule has 0 spiro atoms. The molecule has 2 aromatic heterocycles. The van der Waals surface area contributed by atoms with Crippen LogP contribution in [0.3, 0.4) is 0 Å². The first-order chi connectivity index (χ1) is 11.3. The van der Waals surface area contributed by atoms with Crippen LogP contribution in [0.5, 0.6) is 0 Å². The van der Waals surface area contributed by atoms with Crippen molar-refractivity contribution in [2.24, 2.45) is 24.3 Å². The monoisotopic (exact) mass is 372 g/mol. The Labute approximate surface area is 145 Å². The van der Waals surface area contributed by atoms with Gasteiger partial charge in [-0.1, -0.05) is 0 Å². The third-order valence-electron chi connectivity index (χ3n) is 3.64. The molecule has 0 aliphatic heterocycles. The summed E-state index contributed by atoms with van der Waals surface area (Å²) in [5.74, 6) is 0.648. The Morgan fingerprint density at radius 1 is 1.38 bits per heavy atom. The van der Waals surface area contributed by atoms with Gasteiger partial charge in [-0.25, -0.2) is 9.13 Å². The Morgan fingerprint density at radius 3 is 2.75 bits per heavy atom. The van der Waals surface area contributed by atoms with Crippen molar-refractivity contribution in [3.8, 4) is 0 Å². The summed E-state index contributed by atoms with van der Waals surface area (Å²) in [6.07, 6.45) is 6.54. The Balaban J connectivity index is 2.05. The van der Waals surface area contributed by atoms with E-state index < -0.39 is 10.1 Å². The van der Waals surface area contributed by atoms with Crippen LogP contribution in [0.25, 0.3) is 0 Å². The lowest BCUT2D eigenvalue weighted by Gasteiger charge is -1.99. The number of rotatable bonds is 7. The van der Waals surface area contributed by atoms with E-state index in [1.54, 1.807) is 6.21 Å². The molecule has 1 N–H and O–H groups in total. The van der Waals surface area contributed by atoms with Gasteiger partial charge in [-0.3, -0.25) is 4.55 Å². The minimum atomic E-state index is -3.89. The zero-order valence-electron chi connectivity index (χ0n) is 14.0. The molecule has 132 valence electrons. The van der Waals surface area contributed by atoms with Gasteiger partial charge in [0, 0.05) is 18.1 Å². The number of thiazole rings is 1. The minimum Gasteiger partial charge on any atom is -0.323 e. The number of aryl methyl sites for hydroxylation is 3. The SMILES string of the molecule is Cc1csc(=NN=Cc2n(C)cc[n+]2CCCCS(=O)(=O)O)n1C. The Hall–Kier alpha value is -1.78. The summed E-state index contributed by atoms with van der Waals surface area (Å²) in [5.41, 5.74) is 1.13. The molecule has 0 unspecified atom stereocenters. The highest BCUT2D eigenvalue weighted by Gasteiger charge is 2.12. The van der Waals surface area contributed by atoms with Gasteiger partial charge in [0.2, 0.25) is 4.80 Å². The lowest BCUT2D eigenvalue weighted by atomic mass is 10.3. The zero-order valence-corrected chi connectivity index (χ0v) is 15.6. The Morgan fingerprint density at radius 2 is 2.12 bits per heavy atom. The molecule has 0 amide bonds. The van der Waals surface area contributed by atoms with Crippen LogP contribution in [-0.4, -0.2) is 34.1 Å². The van der Waals surface area contributed by atoms with Crippen LogP contribution in [0.2, 0.25) is 0 Å².